The van der Waals surface area contributed by atoms with Crippen molar-refractivity contribution in [3.8, 4) is 0 Å². The molecule has 1 atom stereocenters. The predicted octanol–water partition coefficient (Wildman–Crippen LogP) is 3.42. The maximum atomic E-state index is 13.1. The lowest BCUT2D eigenvalue weighted by Gasteiger charge is -2.31. The minimum Gasteiger partial charge on any atom is -0.378 e. The summed E-state index contributed by atoms with van der Waals surface area (Å²) < 4.78 is 5.37. The highest BCUT2D eigenvalue weighted by atomic mass is 32.2. The van der Waals surface area contributed by atoms with Crippen molar-refractivity contribution in [3.63, 3.8) is 0 Å². The van der Waals surface area contributed by atoms with E-state index in [4.69, 9.17) is 4.74 Å². The van der Waals surface area contributed by atoms with Gasteiger partial charge in [0.05, 0.1) is 13.2 Å². The summed E-state index contributed by atoms with van der Waals surface area (Å²) >= 11 is 1.70. The van der Waals surface area contributed by atoms with E-state index in [1.54, 1.807) is 11.8 Å². The van der Waals surface area contributed by atoms with Crippen LogP contribution in [-0.4, -0.2) is 43.4 Å². The number of carbonyl (C=O) groups excluding carboxylic acids is 1. The molecule has 2 aromatic carbocycles. The molecule has 0 radical (unpaired) electrons. The maximum absolute atomic E-state index is 13.1. The molecule has 0 saturated carbocycles. The van der Waals surface area contributed by atoms with Crippen LogP contribution < -0.4 is 5.32 Å². The summed E-state index contributed by atoms with van der Waals surface area (Å²) in [6.07, 6.45) is 2.05. The van der Waals surface area contributed by atoms with Crippen LogP contribution in [0.1, 0.15) is 11.6 Å². The Morgan fingerprint density at radius 1 is 1.08 bits per heavy atom. The third-order valence-corrected chi connectivity index (χ3v) is 4.85. The minimum absolute atomic E-state index is 0.0963. The summed E-state index contributed by atoms with van der Waals surface area (Å²) in [5, 5.41) is 3.39. The molecular formula is C19H22N2O2S. The van der Waals surface area contributed by atoms with Crippen molar-refractivity contribution in [2.24, 2.45) is 0 Å². The third kappa shape index (κ3) is 4.10. The highest BCUT2D eigenvalue weighted by Crippen LogP contribution is 2.25. The van der Waals surface area contributed by atoms with E-state index in [1.165, 1.54) is 4.90 Å². The zero-order valence-corrected chi connectivity index (χ0v) is 14.6. The number of ether oxygens (including phenoxy) is 1. The summed E-state index contributed by atoms with van der Waals surface area (Å²) in [6, 6.07) is 17.7. The first-order chi connectivity index (χ1) is 11.8. The molecule has 1 fully saturated rings. The lowest BCUT2D eigenvalue weighted by atomic mass is 10.0. The Labute approximate surface area is 147 Å². The summed E-state index contributed by atoms with van der Waals surface area (Å²) in [4.78, 5) is 16.1. The van der Waals surface area contributed by atoms with E-state index < -0.39 is 0 Å². The second kappa shape index (κ2) is 8.22. The van der Waals surface area contributed by atoms with Crippen LogP contribution in [0.5, 0.6) is 0 Å². The number of nitrogens with one attached hydrogen (secondary N) is 1. The molecule has 0 bridgehead atoms. The van der Waals surface area contributed by atoms with Crippen molar-refractivity contribution in [2.45, 2.75) is 10.9 Å². The lowest BCUT2D eigenvalue weighted by Crippen LogP contribution is -2.44. The molecule has 1 saturated heterocycles. The number of nitrogens with zero attached hydrogens (tertiary/aromatic N) is 1. The Bertz CT molecular complexity index is 655. The van der Waals surface area contributed by atoms with Gasteiger partial charge in [-0.3, -0.25) is 4.79 Å². The Kier molecular flexibility index (Phi) is 5.77. The Morgan fingerprint density at radius 3 is 2.38 bits per heavy atom. The number of para-hydroxylation sites is 1. The SMILES string of the molecule is CSc1ccc(C(Nc2ccccc2)C(=O)N2CCOCC2)cc1. The van der Waals surface area contributed by atoms with Crippen molar-refractivity contribution < 1.29 is 9.53 Å². The van der Waals surface area contributed by atoms with Crippen molar-refractivity contribution in [3.05, 3.63) is 60.2 Å². The quantitative estimate of drug-likeness (QED) is 0.846. The van der Waals surface area contributed by atoms with E-state index in [9.17, 15) is 4.79 Å². The number of hydrogen-bond donors (Lipinski definition) is 1. The molecule has 1 N–H and O–H groups in total. The largest absolute Gasteiger partial charge is 0.378 e. The average molecular weight is 342 g/mol. The maximum Gasteiger partial charge on any atom is 0.249 e. The third-order valence-electron chi connectivity index (χ3n) is 4.10. The summed E-state index contributed by atoms with van der Waals surface area (Å²) in [5.74, 6) is 0.0963. The number of carbonyl (C=O) groups is 1. The van der Waals surface area contributed by atoms with Gasteiger partial charge in [-0.15, -0.1) is 11.8 Å². The van der Waals surface area contributed by atoms with Gasteiger partial charge in [0.2, 0.25) is 5.91 Å². The van der Waals surface area contributed by atoms with Crippen LogP contribution in [-0.2, 0) is 9.53 Å². The molecule has 1 aliphatic heterocycles. The molecule has 1 aliphatic rings. The number of rotatable bonds is 5. The Balaban J connectivity index is 1.85. The zero-order chi connectivity index (χ0) is 16.8. The number of amides is 1. The molecule has 1 heterocycles. The van der Waals surface area contributed by atoms with Gasteiger partial charge in [-0.05, 0) is 36.1 Å². The molecule has 0 spiro atoms. The van der Waals surface area contributed by atoms with Crippen molar-refractivity contribution in [2.75, 3.05) is 37.9 Å². The molecule has 5 heteroatoms. The normalized spacial score (nSPS) is 15.8. The van der Waals surface area contributed by atoms with Gasteiger partial charge in [-0.25, -0.2) is 0 Å². The first-order valence-corrected chi connectivity index (χ1v) is 9.32. The van der Waals surface area contributed by atoms with Crippen LogP contribution in [0.15, 0.2) is 59.5 Å². The number of hydrogen-bond acceptors (Lipinski definition) is 4. The van der Waals surface area contributed by atoms with E-state index >= 15 is 0 Å². The van der Waals surface area contributed by atoms with Gasteiger partial charge in [0.1, 0.15) is 6.04 Å². The molecule has 2 aromatic rings. The van der Waals surface area contributed by atoms with Crippen molar-refractivity contribution in [1.29, 1.82) is 0 Å². The number of morpholine rings is 1. The van der Waals surface area contributed by atoms with Gasteiger partial charge in [-0.1, -0.05) is 30.3 Å². The minimum atomic E-state index is -0.388. The van der Waals surface area contributed by atoms with Gasteiger partial charge in [0.25, 0.3) is 0 Å². The topological polar surface area (TPSA) is 41.6 Å². The fourth-order valence-electron chi connectivity index (χ4n) is 2.75. The van der Waals surface area contributed by atoms with E-state index in [-0.39, 0.29) is 11.9 Å². The molecular weight excluding hydrogens is 320 g/mol. The second-order valence-electron chi connectivity index (χ2n) is 5.65. The molecule has 1 amide bonds. The second-order valence-corrected chi connectivity index (χ2v) is 6.53. The van der Waals surface area contributed by atoms with Crippen LogP contribution in [0.2, 0.25) is 0 Å². The average Bonchev–Trinajstić information content (AvgIpc) is 2.67. The van der Waals surface area contributed by atoms with Crippen LogP contribution >= 0.6 is 11.8 Å². The fourth-order valence-corrected chi connectivity index (χ4v) is 3.16. The Morgan fingerprint density at radius 2 is 1.75 bits per heavy atom. The van der Waals surface area contributed by atoms with Crippen LogP contribution in [0.25, 0.3) is 0 Å². The highest BCUT2D eigenvalue weighted by molar-refractivity contribution is 7.98. The number of thioether (sulfide) groups is 1. The van der Waals surface area contributed by atoms with Gasteiger partial charge in [0, 0.05) is 23.7 Å². The summed E-state index contributed by atoms with van der Waals surface area (Å²) in [6.45, 7) is 2.51. The summed E-state index contributed by atoms with van der Waals surface area (Å²) in [7, 11) is 0. The highest BCUT2D eigenvalue weighted by Gasteiger charge is 2.27. The smallest absolute Gasteiger partial charge is 0.249 e. The first-order valence-electron chi connectivity index (χ1n) is 8.10. The standard InChI is InChI=1S/C19H22N2O2S/c1-24-17-9-7-15(8-10-17)18(20-16-5-3-2-4-6-16)19(22)21-11-13-23-14-12-21/h2-10,18,20H,11-14H2,1H3. The van der Waals surface area contributed by atoms with Gasteiger partial charge < -0.3 is 15.0 Å². The predicted molar refractivity (Wildman–Crippen MR) is 98.4 cm³/mol. The zero-order valence-electron chi connectivity index (χ0n) is 13.8. The molecule has 4 nitrogen and oxygen atoms in total. The molecule has 0 aromatic heterocycles. The van der Waals surface area contributed by atoms with E-state index in [1.807, 2.05) is 53.6 Å². The van der Waals surface area contributed by atoms with E-state index in [0.717, 1.165) is 11.3 Å². The number of anilines is 1. The van der Waals surface area contributed by atoms with Gasteiger partial charge >= 0.3 is 0 Å². The van der Waals surface area contributed by atoms with Crippen LogP contribution in [0, 0.1) is 0 Å². The molecule has 126 valence electrons. The summed E-state index contributed by atoms with van der Waals surface area (Å²) in [5.41, 5.74) is 1.92. The van der Waals surface area contributed by atoms with Gasteiger partial charge in [-0.2, -0.15) is 0 Å². The Hall–Kier alpha value is -1.98. The van der Waals surface area contributed by atoms with E-state index in [0.29, 0.717) is 26.3 Å². The lowest BCUT2D eigenvalue weighted by molar-refractivity contribution is -0.136. The molecule has 3 rings (SSSR count). The fraction of sp³-hybridized carbons (Fsp3) is 0.316. The van der Waals surface area contributed by atoms with E-state index in [2.05, 4.69) is 17.4 Å². The first kappa shape index (κ1) is 16.9. The van der Waals surface area contributed by atoms with Crippen LogP contribution in [0.3, 0.4) is 0 Å². The monoisotopic (exact) mass is 342 g/mol. The van der Waals surface area contributed by atoms with Crippen LogP contribution in [0.4, 0.5) is 5.69 Å². The molecule has 0 aliphatic carbocycles. The molecule has 1 unspecified atom stereocenters. The number of benzene rings is 2. The van der Waals surface area contributed by atoms with Crippen molar-refractivity contribution >= 4 is 23.4 Å². The van der Waals surface area contributed by atoms with Crippen molar-refractivity contribution in [1.82, 2.24) is 4.90 Å². The van der Waals surface area contributed by atoms with Gasteiger partial charge in [0.15, 0.2) is 0 Å². The molecule has 24 heavy (non-hydrogen) atoms.